The Hall–Kier alpha value is -1.22. The fourth-order valence-electron chi connectivity index (χ4n) is 1.79. The smallest absolute Gasteiger partial charge is 0.312 e. The summed E-state index contributed by atoms with van der Waals surface area (Å²) in [5.74, 6) is 0.766. The summed E-state index contributed by atoms with van der Waals surface area (Å²) in [6.45, 7) is 0.359. The largest absolute Gasteiger partial charge is 0.493 e. The van der Waals surface area contributed by atoms with E-state index >= 15 is 0 Å². The van der Waals surface area contributed by atoms with E-state index in [1.54, 1.807) is 12.1 Å². The Balaban J connectivity index is 1.93. The summed E-state index contributed by atoms with van der Waals surface area (Å²) in [5.41, 5.74) is 0. The number of carbonyl (C=O) groups excluding carboxylic acids is 1. The van der Waals surface area contributed by atoms with Crippen LogP contribution in [0.1, 0.15) is 12.8 Å². The molecule has 0 spiro atoms. The zero-order chi connectivity index (χ0) is 12.3. The van der Waals surface area contributed by atoms with Crippen molar-refractivity contribution in [1.82, 2.24) is 0 Å². The predicted molar refractivity (Wildman–Crippen MR) is 65.2 cm³/mol. The third-order valence-corrected chi connectivity index (χ3v) is 3.16. The predicted octanol–water partition coefficient (Wildman–Crippen LogP) is 2.92. The summed E-state index contributed by atoms with van der Waals surface area (Å²) in [5, 5.41) is 0.628. The van der Waals surface area contributed by atoms with Crippen molar-refractivity contribution in [3.63, 3.8) is 0 Å². The molecule has 2 rings (SSSR count). The first-order chi connectivity index (χ1) is 8.20. The van der Waals surface area contributed by atoms with Crippen LogP contribution in [0.15, 0.2) is 24.3 Å². The van der Waals surface area contributed by atoms with Gasteiger partial charge in [-0.25, -0.2) is 0 Å². The lowest BCUT2D eigenvalue weighted by atomic mass is 10.1. The summed E-state index contributed by atoms with van der Waals surface area (Å²) in [6, 6.07) is 7.17. The van der Waals surface area contributed by atoms with E-state index in [4.69, 9.17) is 21.1 Å². The van der Waals surface area contributed by atoms with E-state index in [1.165, 1.54) is 7.11 Å². The first kappa shape index (κ1) is 12.2. The summed E-state index contributed by atoms with van der Waals surface area (Å²) < 4.78 is 10.4. The van der Waals surface area contributed by atoms with E-state index in [1.807, 2.05) is 12.1 Å². The number of ether oxygens (including phenoxy) is 2. The number of halogens is 1. The Kier molecular flexibility index (Phi) is 3.89. The monoisotopic (exact) mass is 254 g/mol. The van der Waals surface area contributed by atoms with Gasteiger partial charge in [0.15, 0.2) is 0 Å². The third kappa shape index (κ3) is 3.37. The zero-order valence-corrected chi connectivity index (χ0v) is 10.4. The van der Waals surface area contributed by atoms with E-state index < -0.39 is 0 Å². The molecule has 0 N–H and O–H groups in total. The van der Waals surface area contributed by atoms with Crippen molar-refractivity contribution in [2.24, 2.45) is 11.8 Å². The highest BCUT2D eigenvalue weighted by Crippen LogP contribution is 2.37. The Morgan fingerprint density at radius 2 is 2.29 bits per heavy atom. The molecule has 1 aromatic carbocycles. The molecule has 0 heterocycles. The molecule has 0 aliphatic heterocycles. The van der Waals surface area contributed by atoms with Crippen molar-refractivity contribution in [3.8, 4) is 5.75 Å². The molecular formula is C13H15ClO3. The topological polar surface area (TPSA) is 35.5 Å². The van der Waals surface area contributed by atoms with Gasteiger partial charge in [0.2, 0.25) is 0 Å². The average Bonchev–Trinajstić information content (AvgIpc) is 3.13. The summed E-state index contributed by atoms with van der Waals surface area (Å²) in [6.07, 6.45) is 2.16. The molecule has 3 nitrogen and oxygen atoms in total. The van der Waals surface area contributed by atoms with Gasteiger partial charge in [0.1, 0.15) is 12.4 Å². The number of methoxy groups -OCH3 is 1. The Bertz CT molecular complexity index is 401. The second-order valence-corrected chi connectivity index (χ2v) is 4.67. The number of hydrogen-bond acceptors (Lipinski definition) is 3. The molecule has 1 unspecified atom stereocenters. The quantitative estimate of drug-likeness (QED) is 0.758. The first-order valence-corrected chi connectivity index (χ1v) is 6.04. The van der Waals surface area contributed by atoms with Crippen LogP contribution in [0.2, 0.25) is 5.02 Å². The standard InChI is InChI=1S/C13H15ClO3/c1-16-13(15)12(9-5-6-9)8-17-11-4-2-3-10(14)7-11/h2-4,7,9,12H,5-6,8H2,1H3. The number of hydrogen-bond donors (Lipinski definition) is 0. The van der Waals surface area contributed by atoms with Gasteiger partial charge in [0.25, 0.3) is 0 Å². The number of rotatable bonds is 5. The van der Waals surface area contributed by atoms with Crippen molar-refractivity contribution in [3.05, 3.63) is 29.3 Å². The minimum absolute atomic E-state index is 0.154. The van der Waals surface area contributed by atoms with Gasteiger partial charge in [-0.2, -0.15) is 0 Å². The van der Waals surface area contributed by atoms with E-state index in [0.29, 0.717) is 23.3 Å². The lowest BCUT2D eigenvalue weighted by molar-refractivity contribution is -0.147. The van der Waals surface area contributed by atoms with E-state index in [0.717, 1.165) is 12.8 Å². The first-order valence-electron chi connectivity index (χ1n) is 5.67. The normalized spacial score (nSPS) is 16.4. The van der Waals surface area contributed by atoms with Crippen LogP contribution in [0.5, 0.6) is 5.75 Å². The van der Waals surface area contributed by atoms with Crippen LogP contribution in [0, 0.1) is 11.8 Å². The maximum atomic E-state index is 11.6. The number of esters is 1. The van der Waals surface area contributed by atoms with E-state index in [2.05, 4.69) is 0 Å². The van der Waals surface area contributed by atoms with Gasteiger partial charge in [0, 0.05) is 5.02 Å². The van der Waals surface area contributed by atoms with Crippen LogP contribution in [0.25, 0.3) is 0 Å². The third-order valence-electron chi connectivity index (χ3n) is 2.92. The van der Waals surface area contributed by atoms with Gasteiger partial charge >= 0.3 is 5.97 Å². The lowest BCUT2D eigenvalue weighted by Gasteiger charge is -2.14. The van der Waals surface area contributed by atoms with Crippen LogP contribution in [0.4, 0.5) is 0 Å². The molecule has 1 atom stereocenters. The highest BCUT2D eigenvalue weighted by molar-refractivity contribution is 6.30. The van der Waals surface area contributed by atoms with Crippen LogP contribution >= 0.6 is 11.6 Å². The molecule has 1 fully saturated rings. The Labute approximate surface area is 106 Å². The average molecular weight is 255 g/mol. The summed E-state index contributed by atoms with van der Waals surface area (Å²) in [7, 11) is 1.41. The molecule has 0 aromatic heterocycles. The molecule has 92 valence electrons. The van der Waals surface area contributed by atoms with E-state index in [9.17, 15) is 4.79 Å². The number of carbonyl (C=O) groups is 1. The lowest BCUT2D eigenvalue weighted by Crippen LogP contribution is -2.25. The Morgan fingerprint density at radius 3 is 2.88 bits per heavy atom. The van der Waals surface area contributed by atoms with Gasteiger partial charge in [0.05, 0.1) is 13.0 Å². The zero-order valence-electron chi connectivity index (χ0n) is 9.69. The Morgan fingerprint density at radius 1 is 1.53 bits per heavy atom. The highest BCUT2D eigenvalue weighted by Gasteiger charge is 2.37. The van der Waals surface area contributed by atoms with Crippen molar-refractivity contribution in [2.75, 3.05) is 13.7 Å². The highest BCUT2D eigenvalue weighted by atomic mass is 35.5. The molecule has 1 saturated carbocycles. The minimum Gasteiger partial charge on any atom is -0.493 e. The fraction of sp³-hybridized carbons (Fsp3) is 0.462. The maximum absolute atomic E-state index is 11.6. The van der Waals surface area contributed by atoms with Crippen molar-refractivity contribution < 1.29 is 14.3 Å². The van der Waals surface area contributed by atoms with Gasteiger partial charge in [-0.1, -0.05) is 17.7 Å². The summed E-state index contributed by atoms with van der Waals surface area (Å²) >= 11 is 5.85. The van der Waals surface area contributed by atoms with E-state index in [-0.39, 0.29) is 11.9 Å². The van der Waals surface area contributed by atoms with Crippen molar-refractivity contribution >= 4 is 17.6 Å². The van der Waals surface area contributed by atoms with Gasteiger partial charge in [-0.05, 0) is 37.0 Å². The molecule has 1 aliphatic rings. The molecular weight excluding hydrogens is 240 g/mol. The number of benzene rings is 1. The van der Waals surface area contributed by atoms with Gasteiger partial charge in [-0.3, -0.25) is 4.79 Å². The van der Waals surface area contributed by atoms with Crippen LogP contribution in [-0.2, 0) is 9.53 Å². The molecule has 1 aromatic rings. The van der Waals surface area contributed by atoms with Crippen LogP contribution in [-0.4, -0.2) is 19.7 Å². The molecule has 17 heavy (non-hydrogen) atoms. The summed E-state index contributed by atoms with van der Waals surface area (Å²) in [4.78, 5) is 11.6. The maximum Gasteiger partial charge on any atom is 0.312 e. The molecule has 0 saturated heterocycles. The molecule has 1 aliphatic carbocycles. The molecule has 0 bridgehead atoms. The van der Waals surface area contributed by atoms with Gasteiger partial charge < -0.3 is 9.47 Å². The second-order valence-electron chi connectivity index (χ2n) is 4.24. The van der Waals surface area contributed by atoms with Crippen molar-refractivity contribution in [2.45, 2.75) is 12.8 Å². The molecule has 0 amide bonds. The minimum atomic E-state index is -0.186. The van der Waals surface area contributed by atoms with Gasteiger partial charge in [-0.15, -0.1) is 0 Å². The van der Waals surface area contributed by atoms with Crippen LogP contribution in [0.3, 0.4) is 0 Å². The molecule has 4 heteroatoms. The second kappa shape index (κ2) is 5.41. The fourth-order valence-corrected chi connectivity index (χ4v) is 1.97. The molecule has 0 radical (unpaired) electrons. The van der Waals surface area contributed by atoms with Crippen molar-refractivity contribution in [1.29, 1.82) is 0 Å². The van der Waals surface area contributed by atoms with Crippen LogP contribution < -0.4 is 4.74 Å². The SMILES string of the molecule is COC(=O)C(COc1cccc(Cl)c1)C1CC1.